The van der Waals surface area contributed by atoms with E-state index < -0.39 is 11.7 Å². The largest absolute Gasteiger partial charge is 0.496 e. The van der Waals surface area contributed by atoms with Gasteiger partial charge < -0.3 is 15.4 Å². The van der Waals surface area contributed by atoms with E-state index in [1.54, 1.807) is 0 Å². The fraction of sp³-hybridized carbons (Fsp3) is 0.500. The van der Waals surface area contributed by atoms with Crippen molar-refractivity contribution < 1.29 is 20.1 Å². The molecule has 0 unspecified atom stereocenters. The van der Waals surface area contributed by atoms with E-state index in [-0.39, 0.29) is 41.5 Å². The Morgan fingerprint density at radius 2 is 1.90 bits per heavy atom. The number of amides is 2. The highest BCUT2D eigenvalue weighted by atomic mass is 19.1. The van der Waals surface area contributed by atoms with E-state index in [1.165, 1.54) is 31.5 Å². The number of methoxy groups -OCH3 is 1. The maximum absolute atomic E-state index is 14.2. The first-order valence-electron chi connectivity index (χ1n) is 10.2. The molecule has 1 aliphatic rings. The van der Waals surface area contributed by atoms with Gasteiger partial charge in [0.2, 0.25) is 0 Å². The third-order valence-corrected chi connectivity index (χ3v) is 5.82. The smallest absolute Gasteiger partial charge is 0.271 e. The van der Waals surface area contributed by atoms with Gasteiger partial charge in [0.05, 0.1) is 19.0 Å². The lowest BCUT2D eigenvalue weighted by molar-refractivity contribution is 0.0900. The Hall–Kier alpha value is -2.90. The molecular weight excluding hydrogens is 387 g/mol. The zero-order chi connectivity index (χ0) is 21.9. The van der Waals surface area contributed by atoms with Crippen LogP contribution in [-0.4, -0.2) is 35.2 Å². The Balaban J connectivity index is 0.00000341. The number of carbonyl (C=O) groups excluding carboxylic acids is 2. The van der Waals surface area contributed by atoms with Crippen LogP contribution in [0.5, 0.6) is 5.75 Å². The first kappa shape index (κ1) is 21.8. The summed E-state index contributed by atoms with van der Waals surface area (Å²) in [6.07, 6.45) is 5.28. The number of nitrogens with zero attached hydrogens (tertiary/aromatic N) is 1. The lowest BCUT2D eigenvalue weighted by Crippen LogP contribution is -2.39. The van der Waals surface area contributed by atoms with Crippen molar-refractivity contribution in [2.45, 2.75) is 52.5 Å². The van der Waals surface area contributed by atoms with Crippen molar-refractivity contribution in [3.63, 3.8) is 0 Å². The van der Waals surface area contributed by atoms with E-state index in [2.05, 4.69) is 41.6 Å². The molecule has 1 aliphatic carbocycles. The van der Waals surface area contributed by atoms with Crippen LogP contribution in [0.4, 0.5) is 10.1 Å². The molecule has 0 bridgehead atoms. The molecule has 0 aliphatic heterocycles. The van der Waals surface area contributed by atoms with Crippen molar-refractivity contribution in [1.82, 2.24) is 15.5 Å². The highest BCUT2D eigenvalue weighted by molar-refractivity contribution is 6.09. The quantitative estimate of drug-likeness (QED) is 0.671. The second-order valence-electron chi connectivity index (χ2n) is 8.82. The van der Waals surface area contributed by atoms with Crippen LogP contribution in [0.25, 0.3) is 0 Å². The van der Waals surface area contributed by atoms with Gasteiger partial charge in [0.25, 0.3) is 11.8 Å². The molecule has 1 aromatic heterocycles. The van der Waals surface area contributed by atoms with Crippen molar-refractivity contribution >= 4 is 17.5 Å². The van der Waals surface area contributed by atoms with E-state index in [1.807, 2.05) is 0 Å². The summed E-state index contributed by atoms with van der Waals surface area (Å²) < 4.78 is 19.2. The van der Waals surface area contributed by atoms with Gasteiger partial charge in [-0.2, -0.15) is 5.10 Å². The lowest BCUT2D eigenvalue weighted by atomic mass is 9.71. The van der Waals surface area contributed by atoms with E-state index in [0.29, 0.717) is 5.92 Å². The minimum Gasteiger partial charge on any atom is -0.496 e. The number of benzene rings is 1. The molecule has 0 spiro atoms. The molecule has 1 fully saturated rings. The van der Waals surface area contributed by atoms with Gasteiger partial charge in [-0.05, 0) is 49.1 Å². The van der Waals surface area contributed by atoms with E-state index >= 15 is 0 Å². The van der Waals surface area contributed by atoms with Gasteiger partial charge in [-0.15, -0.1) is 0 Å². The molecular formula is C22H31FN4O3. The molecule has 3 N–H and O–H groups in total. The zero-order valence-electron chi connectivity index (χ0n) is 17.8. The minimum absolute atomic E-state index is 0. The van der Waals surface area contributed by atoms with Crippen LogP contribution in [-0.2, 0) is 0 Å². The third kappa shape index (κ3) is 4.80. The molecule has 164 valence electrons. The Morgan fingerprint density at radius 3 is 2.53 bits per heavy atom. The Kier molecular flexibility index (Phi) is 6.43. The molecule has 2 aromatic rings. The average Bonchev–Trinajstić information content (AvgIpc) is 3.15. The summed E-state index contributed by atoms with van der Waals surface area (Å²) in [5, 5.41) is 12.1. The zero-order valence-corrected chi connectivity index (χ0v) is 17.8. The van der Waals surface area contributed by atoms with Crippen LogP contribution in [0, 0.1) is 17.2 Å². The number of aromatic nitrogens is 2. The second-order valence-corrected chi connectivity index (χ2v) is 8.82. The third-order valence-electron chi connectivity index (χ3n) is 5.82. The fourth-order valence-corrected chi connectivity index (χ4v) is 3.99. The van der Waals surface area contributed by atoms with Crippen LogP contribution in [0.3, 0.4) is 0 Å². The normalized spacial score (nSPS) is 19.2. The molecule has 8 heteroatoms. The number of halogens is 1. The van der Waals surface area contributed by atoms with E-state index in [9.17, 15) is 14.0 Å². The number of H-pyrrole nitrogens is 1. The van der Waals surface area contributed by atoms with Crippen LogP contribution in [0.2, 0.25) is 0 Å². The fourth-order valence-electron chi connectivity index (χ4n) is 3.99. The molecule has 1 aromatic carbocycles. The first-order chi connectivity index (χ1) is 14.2. The summed E-state index contributed by atoms with van der Waals surface area (Å²) >= 11 is 0. The predicted molar refractivity (Wildman–Crippen MR) is 114 cm³/mol. The van der Waals surface area contributed by atoms with Crippen LogP contribution >= 0.6 is 0 Å². The number of ether oxygens (including phenoxy) is 1. The SMILES string of the molecule is COc1cccc(F)c1C(=O)Nc1cn[nH]c1C(=O)NC1CCC(C(C)(C)C)CC1.[HH]. The summed E-state index contributed by atoms with van der Waals surface area (Å²) in [6.45, 7) is 6.75. The van der Waals surface area contributed by atoms with Gasteiger partial charge in [-0.25, -0.2) is 4.39 Å². The van der Waals surface area contributed by atoms with Crippen molar-refractivity contribution in [3.05, 3.63) is 41.5 Å². The highest BCUT2D eigenvalue weighted by Crippen LogP contribution is 2.37. The Bertz CT molecular complexity index is 918. The number of carbonyl (C=O) groups is 2. The first-order valence-corrected chi connectivity index (χ1v) is 10.2. The summed E-state index contributed by atoms with van der Waals surface area (Å²) in [6, 6.07) is 4.20. The monoisotopic (exact) mass is 418 g/mol. The highest BCUT2D eigenvalue weighted by Gasteiger charge is 2.31. The lowest BCUT2D eigenvalue weighted by Gasteiger charge is -2.37. The molecule has 2 amide bonds. The van der Waals surface area contributed by atoms with Gasteiger partial charge in [-0.1, -0.05) is 26.8 Å². The maximum atomic E-state index is 14.2. The van der Waals surface area contributed by atoms with Crippen LogP contribution in [0.15, 0.2) is 24.4 Å². The van der Waals surface area contributed by atoms with Gasteiger partial charge in [0.1, 0.15) is 22.8 Å². The summed E-state index contributed by atoms with van der Waals surface area (Å²) in [4.78, 5) is 25.4. The standard InChI is InChI=1S/C22H29FN4O3.H2/c1-22(2,3)13-8-10-14(11-9-13)25-21(29)19-16(12-24-27-19)26-20(28)18-15(23)6-5-7-17(18)30-4;/h5-7,12-14H,8-11H2,1-4H3,(H,24,27)(H,25,29)(H,26,28);1H. The number of aromatic amines is 1. The van der Waals surface area contributed by atoms with Gasteiger partial charge in [0.15, 0.2) is 0 Å². The van der Waals surface area contributed by atoms with Gasteiger partial charge >= 0.3 is 0 Å². The number of hydrogen-bond donors (Lipinski definition) is 3. The van der Waals surface area contributed by atoms with Gasteiger partial charge in [0, 0.05) is 7.47 Å². The van der Waals surface area contributed by atoms with E-state index in [0.717, 1.165) is 25.7 Å². The molecule has 1 heterocycles. The average molecular weight is 419 g/mol. The minimum atomic E-state index is -0.717. The number of nitrogens with one attached hydrogen (secondary N) is 3. The maximum Gasteiger partial charge on any atom is 0.271 e. The molecule has 30 heavy (non-hydrogen) atoms. The van der Waals surface area contributed by atoms with Crippen molar-refractivity contribution in [3.8, 4) is 5.75 Å². The summed E-state index contributed by atoms with van der Waals surface area (Å²) in [7, 11) is 1.36. The molecule has 3 rings (SSSR count). The van der Waals surface area contributed by atoms with Crippen molar-refractivity contribution in [1.29, 1.82) is 0 Å². The van der Waals surface area contributed by atoms with Gasteiger partial charge in [-0.3, -0.25) is 14.7 Å². The molecule has 7 nitrogen and oxygen atoms in total. The van der Waals surface area contributed by atoms with E-state index in [4.69, 9.17) is 4.74 Å². The molecule has 1 saturated carbocycles. The number of anilines is 1. The topological polar surface area (TPSA) is 96.1 Å². The molecule has 0 radical (unpaired) electrons. The summed E-state index contributed by atoms with van der Waals surface area (Å²) in [5.41, 5.74) is 0.361. The molecule has 0 saturated heterocycles. The van der Waals surface area contributed by atoms with Crippen molar-refractivity contribution in [2.75, 3.05) is 12.4 Å². The number of hydrogen-bond acceptors (Lipinski definition) is 4. The Morgan fingerprint density at radius 1 is 1.20 bits per heavy atom. The summed E-state index contributed by atoms with van der Waals surface area (Å²) in [5.74, 6) is -1.02. The van der Waals surface area contributed by atoms with Crippen molar-refractivity contribution in [2.24, 2.45) is 11.3 Å². The predicted octanol–water partition coefficient (Wildman–Crippen LogP) is 4.39. The number of rotatable bonds is 5. The van der Waals surface area contributed by atoms with Crippen LogP contribution in [0.1, 0.15) is 68.7 Å². The second kappa shape index (κ2) is 8.85. The van der Waals surface area contributed by atoms with Crippen LogP contribution < -0.4 is 15.4 Å². The molecule has 0 atom stereocenters. The Labute approximate surface area is 177 Å².